The number of aromatic nitrogens is 5. The summed E-state index contributed by atoms with van der Waals surface area (Å²) in [7, 11) is 0. The summed E-state index contributed by atoms with van der Waals surface area (Å²) in [6.45, 7) is 7.06. The third-order valence-corrected chi connectivity index (χ3v) is 4.98. The molecule has 28 heavy (non-hydrogen) atoms. The van der Waals surface area contributed by atoms with Gasteiger partial charge in [0, 0.05) is 31.6 Å². The zero-order valence-corrected chi connectivity index (χ0v) is 17.0. The van der Waals surface area contributed by atoms with Gasteiger partial charge in [0.05, 0.1) is 10.9 Å². The minimum Gasteiger partial charge on any atom is -0.352 e. The molecule has 0 fully saturated rings. The average Bonchev–Trinajstić information content (AvgIpc) is 3.04. The van der Waals surface area contributed by atoms with Crippen molar-refractivity contribution in [3.63, 3.8) is 0 Å². The van der Waals surface area contributed by atoms with Gasteiger partial charge < -0.3 is 14.9 Å². The molecule has 0 unspecified atom stereocenters. The lowest BCUT2D eigenvalue weighted by atomic mass is 10.1. The van der Waals surface area contributed by atoms with Crippen molar-refractivity contribution in [3.05, 3.63) is 62.1 Å². The maximum Gasteiger partial charge on any atom is 0.262 e. The Balaban J connectivity index is 1.77. The molecule has 0 saturated heterocycles. The normalized spacial score (nSPS) is 10.9. The molecule has 0 bridgehead atoms. The lowest BCUT2D eigenvalue weighted by molar-refractivity contribution is 0.0954. The number of allylic oxidation sites excluding steroid dienone is 1. The summed E-state index contributed by atoms with van der Waals surface area (Å²) in [6.07, 6.45) is 2.16. The average molecular weight is 417 g/mol. The standard InChI is InChI=1S/C18H20N6O2S2/c1-3-9-24-16(26)12-6-5-11(10-13(12)20-17(24)27)15(25)19-8-7-14-21-22-18(28)23(14)4-2/h3,5-6,10H,1,4,7-9H2,2H3,(H,19,25)(H,20,27)(H,22,28). The molecule has 0 spiro atoms. The molecule has 0 atom stereocenters. The van der Waals surface area contributed by atoms with Crippen molar-refractivity contribution in [2.24, 2.45) is 0 Å². The number of hydrogen-bond donors (Lipinski definition) is 3. The molecule has 146 valence electrons. The number of aromatic amines is 2. The number of H-pyrrole nitrogens is 2. The first-order valence-electron chi connectivity index (χ1n) is 8.76. The summed E-state index contributed by atoms with van der Waals surface area (Å²) < 4.78 is 4.16. The molecule has 0 saturated carbocycles. The number of amides is 1. The van der Waals surface area contributed by atoms with E-state index in [0.29, 0.717) is 47.3 Å². The second-order valence-corrected chi connectivity index (χ2v) is 6.86. The maximum atomic E-state index is 12.5. The van der Waals surface area contributed by atoms with Gasteiger partial charge in [-0.05, 0) is 49.6 Å². The lowest BCUT2D eigenvalue weighted by Gasteiger charge is -2.08. The molecule has 3 rings (SSSR count). The van der Waals surface area contributed by atoms with Crippen molar-refractivity contribution >= 4 is 41.2 Å². The minimum atomic E-state index is -0.242. The van der Waals surface area contributed by atoms with Crippen molar-refractivity contribution in [1.82, 2.24) is 29.6 Å². The van der Waals surface area contributed by atoms with E-state index >= 15 is 0 Å². The predicted octanol–water partition coefficient (Wildman–Crippen LogP) is 2.49. The van der Waals surface area contributed by atoms with E-state index in [9.17, 15) is 9.59 Å². The van der Waals surface area contributed by atoms with Crippen LogP contribution in [-0.4, -0.2) is 36.8 Å². The monoisotopic (exact) mass is 416 g/mol. The van der Waals surface area contributed by atoms with E-state index in [1.165, 1.54) is 4.57 Å². The number of fused-ring (bicyclic) bond motifs is 1. The van der Waals surface area contributed by atoms with Gasteiger partial charge in [-0.25, -0.2) is 0 Å². The Hall–Kier alpha value is -2.85. The zero-order valence-electron chi connectivity index (χ0n) is 15.3. The molecular weight excluding hydrogens is 396 g/mol. The second kappa shape index (κ2) is 8.44. The first-order chi connectivity index (χ1) is 13.5. The molecule has 1 amide bonds. The van der Waals surface area contributed by atoms with Crippen LogP contribution in [0, 0.1) is 9.54 Å². The van der Waals surface area contributed by atoms with Crippen molar-refractivity contribution in [3.8, 4) is 0 Å². The predicted molar refractivity (Wildman–Crippen MR) is 113 cm³/mol. The fourth-order valence-corrected chi connectivity index (χ4v) is 3.50. The van der Waals surface area contributed by atoms with Gasteiger partial charge in [-0.3, -0.25) is 19.3 Å². The Kier molecular flexibility index (Phi) is 6.00. The molecule has 0 aliphatic heterocycles. The van der Waals surface area contributed by atoms with Crippen LogP contribution in [-0.2, 0) is 19.5 Å². The Morgan fingerprint density at radius 2 is 2.11 bits per heavy atom. The van der Waals surface area contributed by atoms with E-state index in [1.54, 1.807) is 24.3 Å². The van der Waals surface area contributed by atoms with Crippen molar-refractivity contribution in [1.29, 1.82) is 0 Å². The van der Waals surface area contributed by atoms with E-state index < -0.39 is 0 Å². The molecule has 10 heteroatoms. The summed E-state index contributed by atoms with van der Waals surface area (Å²) >= 11 is 10.4. The molecule has 0 aliphatic carbocycles. The van der Waals surface area contributed by atoms with Crippen molar-refractivity contribution in [2.75, 3.05) is 6.54 Å². The third-order valence-electron chi connectivity index (χ3n) is 4.34. The highest BCUT2D eigenvalue weighted by Gasteiger charge is 2.11. The van der Waals surface area contributed by atoms with E-state index in [0.717, 1.165) is 5.82 Å². The van der Waals surface area contributed by atoms with Crippen LogP contribution in [0.3, 0.4) is 0 Å². The summed E-state index contributed by atoms with van der Waals surface area (Å²) in [6, 6.07) is 4.87. The van der Waals surface area contributed by atoms with Crippen molar-refractivity contribution in [2.45, 2.75) is 26.4 Å². The molecule has 0 radical (unpaired) electrons. The highest BCUT2D eigenvalue weighted by molar-refractivity contribution is 7.71. The van der Waals surface area contributed by atoms with Crippen LogP contribution in [0.25, 0.3) is 10.9 Å². The van der Waals surface area contributed by atoms with Gasteiger partial charge in [0.15, 0.2) is 9.54 Å². The summed E-state index contributed by atoms with van der Waals surface area (Å²) in [5.41, 5.74) is 0.746. The van der Waals surface area contributed by atoms with E-state index in [4.69, 9.17) is 24.4 Å². The highest BCUT2D eigenvalue weighted by atomic mass is 32.1. The number of nitrogens with zero attached hydrogens (tertiary/aromatic N) is 3. The third kappa shape index (κ3) is 3.87. The zero-order chi connectivity index (χ0) is 20.3. The van der Waals surface area contributed by atoms with Gasteiger partial charge in [-0.1, -0.05) is 6.08 Å². The van der Waals surface area contributed by atoms with Crippen LogP contribution in [0.15, 0.2) is 35.6 Å². The smallest absolute Gasteiger partial charge is 0.262 e. The Labute approximate surface area is 170 Å². The number of carbonyl (C=O) groups excluding carboxylic acids is 1. The largest absolute Gasteiger partial charge is 0.352 e. The molecule has 8 nitrogen and oxygen atoms in total. The summed E-state index contributed by atoms with van der Waals surface area (Å²) in [5.74, 6) is 0.548. The SMILES string of the molecule is C=CCn1c(=S)[nH]c2cc(C(=O)NCCc3n[nH]c(=S)n3CC)ccc2c1=O. The number of rotatable bonds is 7. The fraction of sp³-hybridized carbons (Fsp3) is 0.278. The first-order valence-corrected chi connectivity index (χ1v) is 9.58. The van der Waals surface area contributed by atoms with Crippen LogP contribution in [0.2, 0.25) is 0 Å². The van der Waals surface area contributed by atoms with Crippen LogP contribution >= 0.6 is 24.4 Å². The topological polar surface area (TPSA) is 100 Å². The minimum absolute atomic E-state index is 0.215. The maximum absolute atomic E-state index is 12.5. The quantitative estimate of drug-likeness (QED) is 0.406. The fourth-order valence-electron chi connectivity index (χ4n) is 2.95. The van der Waals surface area contributed by atoms with Crippen LogP contribution < -0.4 is 10.9 Å². The molecule has 2 aromatic heterocycles. The van der Waals surface area contributed by atoms with Gasteiger partial charge in [0.2, 0.25) is 0 Å². The van der Waals surface area contributed by atoms with Crippen LogP contribution in [0.4, 0.5) is 0 Å². The summed E-state index contributed by atoms with van der Waals surface area (Å²) in [5, 5.41) is 10.2. The first kappa shape index (κ1) is 19.9. The van der Waals surface area contributed by atoms with E-state index in [-0.39, 0.29) is 16.2 Å². The Bertz CT molecular complexity index is 1220. The Morgan fingerprint density at radius 1 is 1.32 bits per heavy atom. The molecule has 0 aliphatic rings. The number of hydrogen-bond acceptors (Lipinski definition) is 5. The number of benzene rings is 1. The second-order valence-electron chi connectivity index (χ2n) is 6.09. The van der Waals surface area contributed by atoms with Gasteiger partial charge >= 0.3 is 0 Å². The molecule has 3 N–H and O–H groups in total. The van der Waals surface area contributed by atoms with Crippen LogP contribution in [0.5, 0.6) is 0 Å². The van der Waals surface area contributed by atoms with Gasteiger partial charge in [-0.2, -0.15) is 5.10 Å². The van der Waals surface area contributed by atoms with Gasteiger partial charge in [0.1, 0.15) is 5.82 Å². The lowest BCUT2D eigenvalue weighted by Crippen LogP contribution is -2.27. The Morgan fingerprint density at radius 3 is 2.82 bits per heavy atom. The molecular formula is C18H20N6O2S2. The van der Waals surface area contributed by atoms with E-state index in [1.807, 2.05) is 11.5 Å². The van der Waals surface area contributed by atoms with Crippen molar-refractivity contribution < 1.29 is 4.79 Å². The van der Waals surface area contributed by atoms with E-state index in [2.05, 4.69) is 27.1 Å². The van der Waals surface area contributed by atoms with Gasteiger partial charge in [-0.15, -0.1) is 6.58 Å². The molecule has 1 aromatic carbocycles. The van der Waals surface area contributed by atoms with Crippen LogP contribution in [0.1, 0.15) is 23.1 Å². The van der Waals surface area contributed by atoms with Gasteiger partial charge in [0.25, 0.3) is 11.5 Å². The molecule has 2 heterocycles. The number of nitrogens with one attached hydrogen (secondary N) is 3. The summed E-state index contributed by atoms with van der Waals surface area (Å²) in [4.78, 5) is 28.0. The number of carbonyl (C=O) groups is 1. The molecule has 3 aromatic rings. The highest BCUT2D eigenvalue weighted by Crippen LogP contribution is 2.11.